The summed E-state index contributed by atoms with van der Waals surface area (Å²) in [4.78, 5) is 46.1. The third-order valence-electron chi connectivity index (χ3n) is 9.64. The Morgan fingerprint density at radius 1 is 0.500 bits per heavy atom. The molecule has 0 aromatic carbocycles. The normalized spacial score (nSPS) is 14.4. The molecule has 0 heterocycles. The van der Waals surface area contributed by atoms with Gasteiger partial charge in [-0.3, -0.25) is 23.4 Å². The molecule has 3 unspecified atom stereocenters. The van der Waals surface area contributed by atoms with E-state index in [1.807, 2.05) is 0 Å². The fourth-order valence-corrected chi connectivity index (χ4v) is 6.79. The third-order valence-corrected chi connectivity index (χ3v) is 10.6. The van der Waals surface area contributed by atoms with E-state index in [1.54, 1.807) is 0 Å². The molecule has 0 aliphatic rings. The number of carbonyl (C=O) groups excluding carboxylic acids is 2. The fourth-order valence-electron chi connectivity index (χ4n) is 6.01. The molecule has 0 aromatic rings. The molecule has 62 heavy (non-hydrogen) atoms. The van der Waals surface area contributed by atoms with Crippen LogP contribution in [0.2, 0.25) is 0 Å². The van der Waals surface area contributed by atoms with Gasteiger partial charge in [-0.1, -0.05) is 170 Å². The van der Waals surface area contributed by atoms with Gasteiger partial charge in [-0.05, 0) is 83.5 Å². The van der Waals surface area contributed by atoms with Crippen LogP contribution in [-0.2, 0) is 37.5 Å². The van der Waals surface area contributed by atoms with E-state index in [1.165, 1.54) is 32.1 Å². The highest BCUT2D eigenvalue weighted by Gasteiger charge is 2.28. The van der Waals surface area contributed by atoms with Crippen molar-refractivity contribution in [2.45, 2.75) is 193 Å². The average molecular weight is 890 g/mol. The Balaban J connectivity index is 4.34. The topological polar surface area (TPSA) is 172 Å². The first-order valence-electron chi connectivity index (χ1n) is 23.6. The lowest BCUT2D eigenvalue weighted by Gasteiger charge is -2.20. The van der Waals surface area contributed by atoms with Crippen molar-refractivity contribution in [3.8, 4) is 0 Å². The second-order valence-corrected chi connectivity index (χ2v) is 16.9. The summed E-state index contributed by atoms with van der Waals surface area (Å²) in [7, 11) is -4.73. The molecule has 0 aromatic heterocycles. The predicted molar refractivity (Wildman–Crippen MR) is 254 cm³/mol. The molecule has 3 atom stereocenters. The van der Waals surface area contributed by atoms with Gasteiger partial charge in [0, 0.05) is 12.8 Å². The van der Waals surface area contributed by atoms with E-state index in [9.17, 15) is 23.8 Å². The minimum atomic E-state index is -4.73. The largest absolute Gasteiger partial charge is 0.480 e. The Kier molecular flexibility index (Phi) is 41.9. The van der Waals surface area contributed by atoms with Crippen LogP contribution in [0.5, 0.6) is 0 Å². The van der Waals surface area contributed by atoms with Crippen molar-refractivity contribution in [2.75, 3.05) is 19.8 Å². The number of carboxylic acid groups (broad SMARTS) is 1. The maximum atomic E-state index is 12.7. The Bertz CT molecular complexity index is 1370. The number of phosphoric acid groups is 1. The number of rotatable bonds is 43. The summed E-state index contributed by atoms with van der Waals surface area (Å²) in [5.74, 6) is -2.41. The quantitative estimate of drug-likeness (QED) is 0.0230. The van der Waals surface area contributed by atoms with Crippen LogP contribution >= 0.6 is 7.82 Å². The average Bonchev–Trinajstić information content (AvgIpc) is 3.25. The number of esters is 2. The first-order chi connectivity index (χ1) is 30.1. The highest BCUT2D eigenvalue weighted by Crippen LogP contribution is 2.43. The van der Waals surface area contributed by atoms with Crippen molar-refractivity contribution >= 4 is 25.7 Å². The van der Waals surface area contributed by atoms with Crippen molar-refractivity contribution in [1.82, 2.24) is 0 Å². The number of allylic oxidation sites excluding steroid dienone is 14. The van der Waals surface area contributed by atoms with E-state index in [0.29, 0.717) is 12.8 Å². The summed E-state index contributed by atoms with van der Waals surface area (Å²) in [5.41, 5.74) is 5.34. The van der Waals surface area contributed by atoms with E-state index in [0.717, 1.165) is 109 Å². The maximum absolute atomic E-state index is 12.7. The van der Waals surface area contributed by atoms with E-state index in [2.05, 4.69) is 103 Å². The van der Waals surface area contributed by atoms with Crippen molar-refractivity contribution in [3.05, 3.63) is 85.1 Å². The molecule has 0 saturated heterocycles. The molecule has 354 valence electrons. The number of aliphatic carboxylic acids is 1. The second-order valence-electron chi connectivity index (χ2n) is 15.5. The van der Waals surface area contributed by atoms with Crippen LogP contribution in [-0.4, -0.2) is 59.9 Å². The Hall–Kier alpha value is -3.34. The zero-order valence-electron chi connectivity index (χ0n) is 38.4. The molecular weight excluding hydrogens is 806 g/mol. The monoisotopic (exact) mass is 890 g/mol. The number of hydrogen-bond donors (Lipinski definition) is 3. The van der Waals surface area contributed by atoms with Crippen LogP contribution in [0, 0.1) is 0 Å². The number of phosphoric ester groups is 1. The van der Waals surface area contributed by atoms with Crippen molar-refractivity contribution in [3.63, 3.8) is 0 Å². The summed E-state index contributed by atoms with van der Waals surface area (Å²) in [6, 6.07) is -1.53. The summed E-state index contributed by atoms with van der Waals surface area (Å²) >= 11 is 0. The number of carbonyl (C=O) groups is 3. The van der Waals surface area contributed by atoms with Crippen LogP contribution in [0.4, 0.5) is 0 Å². The second kappa shape index (κ2) is 44.3. The summed E-state index contributed by atoms with van der Waals surface area (Å²) < 4.78 is 32.8. The molecular formula is C50H84NO10P. The summed E-state index contributed by atoms with van der Waals surface area (Å²) in [5, 5.41) is 8.91. The first-order valence-corrected chi connectivity index (χ1v) is 25.1. The van der Waals surface area contributed by atoms with Crippen molar-refractivity contribution < 1.29 is 47.5 Å². The van der Waals surface area contributed by atoms with Gasteiger partial charge in [0.05, 0.1) is 13.2 Å². The van der Waals surface area contributed by atoms with Gasteiger partial charge in [-0.25, -0.2) is 4.57 Å². The molecule has 0 amide bonds. The molecule has 0 aliphatic heterocycles. The number of nitrogens with two attached hydrogens (primary N) is 1. The summed E-state index contributed by atoms with van der Waals surface area (Å²) in [6.07, 6.45) is 54.9. The van der Waals surface area contributed by atoms with Crippen LogP contribution < -0.4 is 5.73 Å². The number of unbranched alkanes of at least 4 members (excludes halogenated alkanes) is 15. The van der Waals surface area contributed by atoms with Gasteiger partial charge in [-0.15, -0.1) is 0 Å². The highest BCUT2D eigenvalue weighted by molar-refractivity contribution is 7.47. The van der Waals surface area contributed by atoms with E-state index in [-0.39, 0.29) is 19.4 Å². The Morgan fingerprint density at radius 2 is 0.855 bits per heavy atom. The maximum Gasteiger partial charge on any atom is 0.472 e. The van der Waals surface area contributed by atoms with Gasteiger partial charge in [0.2, 0.25) is 0 Å². The molecule has 0 rings (SSSR count). The number of hydrogen-bond acceptors (Lipinski definition) is 9. The lowest BCUT2D eigenvalue weighted by atomic mass is 10.1. The third kappa shape index (κ3) is 43.3. The minimum absolute atomic E-state index is 0.145. The molecule has 0 radical (unpaired) electrons. The summed E-state index contributed by atoms with van der Waals surface area (Å²) in [6.45, 7) is 2.56. The van der Waals surface area contributed by atoms with Gasteiger partial charge in [0.25, 0.3) is 0 Å². The number of carboxylic acids is 1. The molecule has 0 spiro atoms. The van der Waals surface area contributed by atoms with Gasteiger partial charge in [-0.2, -0.15) is 0 Å². The van der Waals surface area contributed by atoms with Gasteiger partial charge in [0.15, 0.2) is 6.10 Å². The Morgan fingerprint density at radius 3 is 1.27 bits per heavy atom. The molecule has 4 N–H and O–H groups in total. The number of ether oxygens (including phenoxy) is 2. The van der Waals surface area contributed by atoms with Crippen LogP contribution in [0.15, 0.2) is 85.1 Å². The van der Waals surface area contributed by atoms with Crippen LogP contribution in [0.3, 0.4) is 0 Å². The van der Waals surface area contributed by atoms with Crippen molar-refractivity contribution in [1.29, 1.82) is 0 Å². The van der Waals surface area contributed by atoms with Gasteiger partial charge in [0.1, 0.15) is 12.6 Å². The van der Waals surface area contributed by atoms with Gasteiger partial charge >= 0.3 is 25.7 Å². The smallest absolute Gasteiger partial charge is 0.472 e. The highest BCUT2D eigenvalue weighted by atomic mass is 31.2. The van der Waals surface area contributed by atoms with Crippen LogP contribution in [0.1, 0.15) is 181 Å². The van der Waals surface area contributed by atoms with E-state index < -0.39 is 51.1 Å². The molecule has 0 fully saturated rings. The molecule has 11 nitrogen and oxygen atoms in total. The van der Waals surface area contributed by atoms with E-state index >= 15 is 0 Å². The Labute approximate surface area is 375 Å². The zero-order chi connectivity index (χ0) is 45.6. The minimum Gasteiger partial charge on any atom is -0.480 e. The van der Waals surface area contributed by atoms with Gasteiger partial charge < -0.3 is 25.2 Å². The van der Waals surface area contributed by atoms with E-state index in [4.69, 9.17) is 24.8 Å². The fraction of sp³-hybridized carbons (Fsp3) is 0.660. The molecule has 0 aliphatic carbocycles. The molecule has 12 heteroatoms. The SMILES string of the molecule is CC/C=C\C/C=C\C/C=C\C/C=C\CCCCCCCCCCC(=O)OC(COC(=O)CCCCCCCCC/C=C\C/C=C\C/C=C\CC)COP(=O)(O)OCC(N)C(=O)O. The lowest BCUT2D eigenvalue weighted by molar-refractivity contribution is -0.161. The van der Waals surface area contributed by atoms with Crippen LogP contribution in [0.25, 0.3) is 0 Å². The molecule has 0 saturated carbocycles. The predicted octanol–water partition coefficient (Wildman–Crippen LogP) is 13.1. The first kappa shape index (κ1) is 58.7. The van der Waals surface area contributed by atoms with Crippen molar-refractivity contribution in [2.24, 2.45) is 5.73 Å². The standard InChI is InChI=1S/C50H84NO10P/c1-3-5-7-9-11-13-15-17-19-21-22-23-24-26-28-30-32-34-36-38-40-42-49(53)61-46(44-59-62(56,57)60-45-47(51)50(54)55)43-58-48(52)41-39-37-35-33-31-29-27-25-20-18-16-14-12-10-8-6-4-2/h5-8,11-14,17-20,22-23,46-47H,3-4,9-10,15-16,21,24-45,51H2,1-2H3,(H,54,55)(H,56,57)/b7-5-,8-6-,13-11-,14-12-,19-17-,20-18-,23-22-. The molecule has 0 bridgehead atoms. The lowest BCUT2D eigenvalue weighted by Crippen LogP contribution is -2.34. The zero-order valence-corrected chi connectivity index (χ0v) is 39.3.